The molecule has 2 saturated heterocycles. The number of hydrogen-bond donors (Lipinski definition) is 1. The van der Waals surface area contributed by atoms with Gasteiger partial charge in [-0.25, -0.2) is 4.39 Å². The third kappa shape index (κ3) is 5.16. The van der Waals surface area contributed by atoms with Crippen LogP contribution in [0.5, 0.6) is 0 Å². The Kier molecular flexibility index (Phi) is 6.72. The van der Waals surface area contributed by atoms with Crippen molar-refractivity contribution < 1.29 is 9.18 Å². The molecule has 9 heteroatoms. The van der Waals surface area contributed by atoms with Gasteiger partial charge in [0.15, 0.2) is 0 Å². The Labute approximate surface area is 182 Å². The van der Waals surface area contributed by atoms with Gasteiger partial charge in [0, 0.05) is 83.0 Å². The van der Waals surface area contributed by atoms with Crippen molar-refractivity contribution in [3.8, 4) is 0 Å². The molecule has 2 aliphatic heterocycles. The van der Waals surface area contributed by atoms with Crippen molar-refractivity contribution in [2.24, 2.45) is 4.99 Å². The van der Waals surface area contributed by atoms with Crippen LogP contribution in [-0.4, -0.2) is 104 Å². The van der Waals surface area contributed by atoms with Crippen LogP contribution >= 0.6 is 0 Å². The SMILES string of the molecule is C/N=C\c1ccc(N2C[C@@H](F)C[C@@H](NC(=O)CN3CCN(C)CC3)C2)c2nccnc12. The number of aromatic nitrogens is 2. The molecule has 2 fully saturated rings. The fraction of sp³-hybridized carbons (Fsp3) is 0.545. The zero-order valence-corrected chi connectivity index (χ0v) is 18.2. The maximum Gasteiger partial charge on any atom is 0.234 e. The first kappa shape index (κ1) is 21.6. The van der Waals surface area contributed by atoms with Gasteiger partial charge in [-0.1, -0.05) is 0 Å². The van der Waals surface area contributed by atoms with Crippen LogP contribution in [-0.2, 0) is 4.79 Å². The van der Waals surface area contributed by atoms with E-state index in [-0.39, 0.29) is 18.5 Å². The highest BCUT2D eigenvalue weighted by Gasteiger charge is 2.30. The van der Waals surface area contributed by atoms with E-state index in [1.165, 1.54) is 0 Å². The zero-order chi connectivity index (χ0) is 21.8. The minimum atomic E-state index is -1.02. The molecule has 0 saturated carbocycles. The number of anilines is 1. The number of nitrogens with one attached hydrogen (secondary N) is 1. The molecular weight excluding hydrogens is 397 g/mol. The first-order chi connectivity index (χ1) is 15.0. The lowest BCUT2D eigenvalue weighted by Gasteiger charge is -2.37. The fourth-order valence-corrected chi connectivity index (χ4v) is 4.38. The van der Waals surface area contributed by atoms with Gasteiger partial charge in [-0.2, -0.15) is 0 Å². The molecule has 0 unspecified atom stereocenters. The molecule has 4 rings (SSSR count). The molecule has 0 spiro atoms. The number of rotatable bonds is 5. The second-order valence-corrected chi connectivity index (χ2v) is 8.40. The number of fused-ring (bicyclic) bond motifs is 1. The monoisotopic (exact) mass is 427 g/mol. The van der Waals surface area contributed by atoms with Crippen molar-refractivity contribution in [1.82, 2.24) is 25.1 Å². The van der Waals surface area contributed by atoms with E-state index in [1.807, 2.05) is 17.0 Å². The summed E-state index contributed by atoms with van der Waals surface area (Å²) in [6, 6.07) is 3.63. The molecule has 1 aromatic heterocycles. The molecule has 2 atom stereocenters. The minimum Gasteiger partial charge on any atom is -0.365 e. The van der Waals surface area contributed by atoms with Gasteiger partial charge in [-0.05, 0) is 19.2 Å². The van der Waals surface area contributed by atoms with Crippen molar-refractivity contribution >= 4 is 28.8 Å². The quantitative estimate of drug-likeness (QED) is 0.717. The lowest BCUT2D eigenvalue weighted by Crippen LogP contribution is -2.54. The molecular formula is C22H30FN7O. The van der Waals surface area contributed by atoms with Crippen LogP contribution in [0.1, 0.15) is 12.0 Å². The lowest BCUT2D eigenvalue weighted by molar-refractivity contribution is -0.123. The summed E-state index contributed by atoms with van der Waals surface area (Å²) in [5.74, 6) is -0.0391. The van der Waals surface area contributed by atoms with E-state index in [1.54, 1.807) is 25.7 Å². The second kappa shape index (κ2) is 9.65. The van der Waals surface area contributed by atoms with Crippen molar-refractivity contribution in [2.45, 2.75) is 18.6 Å². The highest BCUT2D eigenvalue weighted by molar-refractivity contribution is 6.01. The smallest absolute Gasteiger partial charge is 0.234 e. The Balaban J connectivity index is 1.47. The molecule has 2 aliphatic rings. The van der Waals surface area contributed by atoms with E-state index in [0.717, 1.165) is 48.5 Å². The highest BCUT2D eigenvalue weighted by Crippen LogP contribution is 2.29. The van der Waals surface area contributed by atoms with Gasteiger partial charge < -0.3 is 15.1 Å². The van der Waals surface area contributed by atoms with Crippen molar-refractivity contribution in [3.63, 3.8) is 0 Å². The number of amides is 1. The van der Waals surface area contributed by atoms with Gasteiger partial charge in [0.1, 0.15) is 11.7 Å². The number of aliphatic imine (C=N–C) groups is 1. The summed E-state index contributed by atoms with van der Waals surface area (Å²) in [5, 5.41) is 3.05. The predicted molar refractivity (Wildman–Crippen MR) is 121 cm³/mol. The average molecular weight is 428 g/mol. The molecule has 0 radical (unpaired) electrons. The van der Waals surface area contributed by atoms with Gasteiger partial charge >= 0.3 is 0 Å². The zero-order valence-electron chi connectivity index (χ0n) is 18.2. The van der Waals surface area contributed by atoms with Crippen LogP contribution in [0.2, 0.25) is 0 Å². The maximum atomic E-state index is 14.7. The first-order valence-electron chi connectivity index (χ1n) is 10.8. The van der Waals surface area contributed by atoms with E-state index in [4.69, 9.17) is 0 Å². The standard InChI is InChI=1S/C22H30FN7O/c1-24-12-16-3-4-19(22-21(16)25-5-6-26-22)30-13-17(23)11-18(14-30)27-20(31)15-29-9-7-28(2)8-10-29/h3-6,12,17-18H,7-11,13-15H2,1-2H3,(H,27,31)/b24-12-/t17-,18+/m0/s1. The molecule has 0 bridgehead atoms. The van der Waals surface area contributed by atoms with Crippen LogP contribution in [0.4, 0.5) is 10.1 Å². The first-order valence-corrected chi connectivity index (χ1v) is 10.8. The Bertz CT molecular complexity index is 945. The van der Waals surface area contributed by atoms with Crippen LogP contribution in [0.25, 0.3) is 11.0 Å². The third-order valence-corrected chi connectivity index (χ3v) is 5.97. The van der Waals surface area contributed by atoms with Crippen molar-refractivity contribution in [2.75, 3.05) is 64.8 Å². The van der Waals surface area contributed by atoms with Crippen LogP contribution in [0.3, 0.4) is 0 Å². The number of piperidine rings is 1. The van der Waals surface area contributed by atoms with Gasteiger partial charge in [0.2, 0.25) is 5.91 Å². The van der Waals surface area contributed by atoms with Crippen LogP contribution in [0.15, 0.2) is 29.5 Å². The van der Waals surface area contributed by atoms with Crippen molar-refractivity contribution in [3.05, 3.63) is 30.1 Å². The van der Waals surface area contributed by atoms with Gasteiger partial charge in [-0.3, -0.25) is 24.7 Å². The number of carbonyl (C=O) groups excluding carboxylic acids is 1. The number of piperazine rings is 1. The number of halogens is 1. The summed E-state index contributed by atoms with van der Waals surface area (Å²) in [4.78, 5) is 32.0. The number of nitrogens with zero attached hydrogens (tertiary/aromatic N) is 6. The van der Waals surface area contributed by atoms with Crippen LogP contribution in [0, 0.1) is 0 Å². The molecule has 1 amide bonds. The minimum absolute atomic E-state index is 0.0391. The molecule has 2 aromatic rings. The van der Waals surface area contributed by atoms with E-state index < -0.39 is 6.17 Å². The summed E-state index contributed by atoms with van der Waals surface area (Å²) >= 11 is 0. The maximum absolute atomic E-state index is 14.7. The summed E-state index contributed by atoms with van der Waals surface area (Å²) in [6.07, 6.45) is 4.34. The van der Waals surface area contributed by atoms with E-state index in [2.05, 4.69) is 37.1 Å². The largest absolute Gasteiger partial charge is 0.365 e. The normalized spacial score (nSPS) is 23.5. The fourth-order valence-electron chi connectivity index (χ4n) is 4.38. The van der Waals surface area contributed by atoms with Gasteiger partial charge in [0.05, 0.1) is 17.7 Å². The number of alkyl halides is 1. The number of hydrogen-bond acceptors (Lipinski definition) is 7. The molecule has 166 valence electrons. The molecule has 8 nitrogen and oxygen atoms in total. The van der Waals surface area contributed by atoms with E-state index in [0.29, 0.717) is 19.5 Å². The summed E-state index contributed by atoms with van der Waals surface area (Å²) in [7, 11) is 3.80. The van der Waals surface area contributed by atoms with Crippen LogP contribution < -0.4 is 10.2 Å². The topological polar surface area (TPSA) is 77.0 Å². The van der Waals surface area contributed by atoms with E-state index in [9.17, 15) is 9.18 Å². The Morgan fingerprint density at radius 2 is 1.94 bits per heavy atom. The number of carbonyl (C=O) groups is 1. The summed E-state index contributed by atoms with van der Waals surface area (Å²) in [5.41, 5.74) is 3.16. The third-order valence-electron chi connectivity index (χ3n) is 5.97. The van der Waals surface area contributed by atoms with Crippen molar-refractivity contribution in [1.29, 1.82) is 0 Å². The number of likely N-dealkylation sites (N-methyl/N-ethyl adjacent to an activating group) is 1. The Hall–Kier alpha value is -2.65. The average Bonchev–Trinajstić information content (AvgIpc) is 2.75. The lowest BCUT2D eigenvalue weighted by atomic mass is 10.0. The highest BCUT2D eigenvalue weighted by atomic mass is 19.1. The Morgan fingerprint density at radius 1 is 1.19 bits per heavy atom. The summed E-state index contributed by atoms with van der Waals surface area (Å²) in [6.45, 7) is 4.86. The second-order valence-electron chi connectivity index (χ2n) is 8.40. The Morgan fingerprint density at radius 3 is 2.68 bits per heavy atom. The molecule has 1 N–H and O–H groups in total. The summed E-state index contributed by atoms with van der Waals surface area (Å²) < 4.78 is 14.7. The van der Waals surface area contributed by atoms with Gasteiger partial charge in [-0.15, -0.1) is 0 Å². The van der Waals surface area contributed by atoms with E-state index >= 15 is 0 Å². The molecule has 3 heterocycles. The predicted octanol–water partition coefficient (Wildman–Crippen LogP) is 0.959. The number of benzene rings is 1. The molecule has 31 heavy (non-hydrogen) atoms. The molecule has 0 aliphatic carbocycles. The molecule has 1 aromatic carbocycles. The van der Waals surface area contributed by atoms with Gasteiger partial charge in [0.25, 0.3) is 0 Å².